The van der Waals surface area contributed by atoms with Crippen LogP contribution >= 0.6 is 0 Å². The Labute approximate surface area is 182 Å². The van der Waals surface area contributed by atoms with E-state index in [4.69, 9.17) is 10.5 Å². The Morgan fingerprint density at radius 3 is 2.53 bits per heavy atom. The summed E-state index contributed by atoms with van der Waals surface area (Å²) in [5.41, 5.74) is 7.68. The number of pyridine rings is 1. The first-order valence-corrected chi connectivity index (χ1v) is 9.91. The number of halogens is 2. The van der Waals surface area contributed by atoms with Crippen LogP contribution in [0.1, 0.15) is 5.56 Å². The number of rotatable bonds is 2. The van der Waals surface area contributed by atoms with Gasteiger partial charge in [0.1, 0.15) is 23.0 Å². The van der Waals surface area contributed by atoms with Crippen molar-refractivity contribution in [2.45, 2.75) is 6.42 Å². The molecule has 0 fully saturated rings. The van der Waals surface area contributed by atoms with E-state index in [1.54, 1.807) is 18.2 Å². The van der Waals surface area contributed by atoms with Crippen LogP contribution in [0.3, 0.4) is 0 Å². The number of aromatic nitrogens is 3. The molecule has 0 spiro atoms. The summed E-state index contributed by atoms with van der Waals surface area (Å²) in [4.78, 5) is 22.4. The van der Waals surface area contributed by atoms with Crippen LogP contribution in [0.5, 0.6) is 5.75 Å². The van der Waals surface area contributed by atoms with E-state index in [0.717, 1.165) is 23.9 Å². The maximum absolute atomic E-state index is 14.6. The van der Waals surface area contributed by atoms with Crippen molar-refractivity contribution in [1.29, 1.82) is 0 Å². The monoisotopic (exact) mass is 437 g/mol. The highest BCUT2D eigenvalue weighted by molar-refractivity contribution is 5.88. The number of hydrogen-bond donors (Lipinski definition) is 3. The fraction of sp³-hybridized carbons (Fsp3) is 0.174. The molecular formula is C23H21F2N5O2. The van der Waals surface area contributed by atoms with Gasteiger partial charge in [0.05, 0.1) is 6.61 Å². The summed E-state index contributed by atoms with van der Waals surface area (Å²) in [7, 11) is 3.75. The number of nitrogens with two attached hydrogens (primary N) is 1. The van der Waals surface area contributed by atoms with E-state index < -0.39 is 17.3 Å². The third-order valence-corrected chi connectivity index (χ3v) is 4.97. The molecule has 7 nitrogen and oxygen atoms in total. The molecule has 0 aliphatic carbocycles. The normalized spacial score (nSPS) is 12.1. The van der Waals surface area contributed by atoms with Crippen LogP contribution in [-0.4, -0.2) is 35.7 Å². The molecule has 1 aliphatic rings. The van der Waals surface area contributed by atoms with Crippen molar-refractivity contribution in [2.24, 2.45) is 0 Å². The van der Waals surface area contributed by atoms with Gasteiger partial charge in [-0.1, -0.05) is 6.07 Å². The molecule has 32 heavy (non-hydrogen) atoms. The van der Waals surface area contributed by atoms with E-state index in [0.29, 0.717) is 17.7 Å². The standard InChI is InChI=1S/C21H14F2N4O2.C2H7N/c22-15-9-25-21(28)13-3-1-12(8-14(13)15)18-20(24)27-19(23)17(26-18)11-2-4-16-10(7-11)5-6-29-16;1-3-2/h1-4,7-9H,5-6H2,(H2,24,27)(H,25,28);3H,1-2H3. The lowest BCUT2D eigenvalue weighted by Crippen LogP contribution is -2.07. The molecular weight excluding hydrogens is 416 g/mol. The Hall–Kier alpha value is -3.85. The lowest BCUT2D eigenvalue weighted by Gasteiger charge is -2.10. The molecule has 0 atom stereocenters. The minimum absolute atomic E-state index is 0.0374. The van der Waals surface area contributed by atoms with Crippen molar-refractivity contribution in [3.63, 3.8) is 0 Å². The van der Waals surface area contributed by atoms with Gasteiger partial charge < -0.3 is 20.8 Å². The summed E-state index contributed by atoms with van der Waals surface area (Å²) in [5, 5.41) is 3.06. The molecule has 4 aromatic rings. The van der Waals surface area contributed by atoms with Crippen molar-refractivity contribution < 1.29 is 13.5 Å². The maximum atomic E-state index is 14.6. The SMILES string of the molecule is CNC.Nc1nc(F)c(-c2ccc3c(c2)CCO3)nc1-c1ccc2c(=O)[nH]cc(F)c2c1. The van der Waals surface area contributed by atoms with Crippen LogP contribution in [0.15, 0.2) is 47.4 Å². The number of fused-ring (bicyclic) bond motifs is 2. The van der Waals surface area contributed by atoms with Gasteiger partial charge in [-0.25, -0.2) is 9.37 Å². The summed E-state index contributed by atoms with van der Waals surface area (Å²) in [5.74, 6) is -0.740. The molecule has 164 valence electrons. The third kappa shape index (κ3) is 3.90. The van der Waals surface area contributed by atoms with E-state index >= 15 is 0 Å². The third-order valence-electron chi connectivity index (χ3n) is 4.97. The van der Waals surface area contributed by atoms with Gasteiger partial charge in [-0.3, -0.25) is 4.79 Å². The first-order valence-electron chi connectivity index (χ1n) is 9.91. The Morgan fingerprint density at radius 2 is 1.75 bits per heavy atom. The molecule has 9 heteroatoms. The van der Waals surface area contributed by atoms with E-state index in [2.05, 4.69) is 20.3 Å². The highest BCUT2D eigenvalue weighted by atomic mass is 19.1. The van der Waals surface area contributed by atoms with Crippen LogP contribution in [0.25, 0.3) is 33.3 Å². The first kappa shape index (κ1) is 21.4. The molecule has 2 aromatic carbocycles. The van der Waals surface area contributed by atoms with Crippen molar-refractivity contribution in [3.8, 4) is 28.3 Å². The maximum Gasteiger partial charge on any atom is 0.256 e. The van der Waals surface area contributed by atoms with Gasteiger partial charge in [-0.15, -0.1) is 0 Å². The number of hydrogen-bond acceptors (Lipinski definition) is 6. The summed E-state index contributed by atoms with van der Waals surface area (Å²) in [6.45, 7) is 0.585. The fourth-order valence-electron chi connectivity index (χ4n) is 3.53. The van der Waals surface area contributed by atoms with Crippen molar-refractivity contribution in [1.82, 2.24) is 20.3 Å². The molecule has 2 aromatic heterocycles. The fourth-order valence-corrected chi connectivity index (χ4v) is 3.53. The predicted octanol–water partition coefficient (Wildman–Crippen LogP) is 3.28. The number of aromatic amines is 1. The van der Waals surface area contributed by atoms with Gasteiger partial charge >= 0.3 is 0 Å². The summed E-state index contributed by atoms with van der Waals surface area (Å²) in [6.07, 6.45) is 1.73. The summed E-state index contributed by atoms with van der Waals surface area (Å²) >= 11 is 0. The predicted molar refractivity (Wildman–Crippen MR) is 120 cm³/mol. The second kappa shape index (κ2) is 8.72. The molecule has 0 saturated carbocycles. The van der Waals surface area contributed by atoms with Gasteiger partial charge in [-0.05, 0) is 50.0 Å². The number of ether oxygens (including phenoxy) is 1. The van der Waals surface area contributed by atoms with Gasteiger partial charge in [0, 0.05) is 34.5 Å². The highest BCUT2D eigenvalue weighted by Gasteiger charge is 2.19. The molecule has 5 rings (SSSR count). The van der Waals surface area contributed by atoms with E-state index in [-0.39, 0.29) is 28.0 Å². The number of nitrogens with zero attached hydrogens (tertiary/aromatic N) is 2. The van der Waals surface area contributed by atoms with Gasteiger partial charge in [0.2, 0.25) is 5.95 Å². The van der Waals surface area contributed by atoms with Crippen molar-refractivity contribution in [2.75, 3.05) is 26.4 Å². The number of anilines is 1. The molecule has 0 amide bonds. The average Bonchev–Trinajstić information content (AvgIpc) is 3.25. The zero-order valence-corrected chi connectivity index (χ0v) is 17.5. The highest BCUT2D eigenvalue weighted by Crippen LogP contribution is 2.33. The van der Waals surface area contributed by atoms with E-state index in [1.807, 2.05) is 20.2 Å². The number of nitrogen functional groups attached to an aromatic ring is 1. The summed E-state index contributed by atoms with van der Waals surface area (Å²) in [6, 6.07) is 9.80. The molecule has 3 heterocycles. The summed E-state index contributed by atoms with van der Waals surface area (Å²) < 4.78 is 34.2. The molecule has 1 aliphatic heterocycles. The Kier molecular flexibility index (Phi) is 5.83. The first-order chi connectivity index (χ1) is 15.4. The van der Waals surface area contributed by atoms with E-state index in [1.165, 1.54) is 12.1 Å². The Balaban J connectivity index is 0.000000775. The van der Waals surface area contributed by atoms with Crippen LogP contribution in [0, 0.1) is 11.8 Å². The number of nitrogens with one attached hydrogen (secondary N) is 2. The van der Waals surface area contributed by atoms with Crippen molar-refractivity contribution in [3.05, 3.63) is 70.3 Å². The van der Waals surface area contributed by atoms with Gasteiger partial charge in [-0.2, -0.15) is 9.37 Å². The Morgan fingerprint density at radius 1 is 1.03 bits per heavy atom. The van der Waals surface area contributed by atoms with Crippen LogP contribution < -0.4 is 21.3 Å². The van der Waals surface area contributed by atoms with E-state index in [9.17, 15) is 13.6 Å². The van der Waals surface area contributed by atoms with Crippen molar-refractivity contribution >= 4 is 16.6 Å². The van der Waals surface area contributed by atoms with Crippen LogP contribution in [0.4, 0.5) is 14.6 Å². The topological polar surface area (TPSA) is 106 Å². The molecule has 4 N–H and O–H groups in total. The second-order valence-corrected chi connectivity index (χ2v) is 7.24. The molecule has 0 saturated heterocycles. The minimum atomic E-state index is -0.798. The smallest absolute Gasteiger partial charge is 0.256 e. The molecule has 0 radical (unpaired) electrons. The second-order valence-electron chi connectivity index (χ2n) is 7.24. The van der Waals surface area contributed by atoms with Crippen LogP contribution in [0.2, 0.25) is 0 Å². The number of benzene rings is 2. The van der Waals surface area contributed by atoms with Gasteiger partial charge in [0.15, 0.2) is 5.82 Å². The zero-order chi connectivity index (χ0) is 22.8. The van der Waals surface area contributed by atoms with Crippen LogP contribution in [-0.2, 0) is 6.42 Å². The quantitative estimate of drug-likeness (QED) is 0.444. The molecule has 0 unspecified atom stereocenters. The zero-order valence-electron chi connectivity index (χ0n) is 17.5. The average molecular weight is 437 g/mol. The van der Waals surface area contributed by atoms with Gasteiger partial charge in [0.25, 0.3) is 5.56 Å². The Bertz CT molecular complexity index is 1370. The lowest BCUT2D eigenvalue weighted by molar-refractivity contribution is 0.357. The number of H-pyrrole nitrogens is 1. The molecule has 0 bridgehead atoms. The lowest BCUT2D eigenvalue weighted by atomic mass is 10.0. The minimum Gasteiger partial charge on any atom is -0.493 e. The largest absolute Gasteiger partial charge is 0.493 e.